The van der Waals surface area contributed by atoms with Gasteiger partial charge in [-0.3, -0.25) is 30.8 Å². The Morgan fingerprint density at radius 1 is 0.491 bits per heavy atom. The highest BCUT2D eigenvalue weighted by Crippen LogP contribution is 2.45. The first-order valence-electron chi connectivity index (χ1n) is 36.8. The van der Waals surface area contributed by atoms with Crippen LogP contribution in [-0.2, 0) is 23.7 Å². The Morgan fingerprint density at radius 3 is 1.23 bits per heavy atom. The lowest BCUT2D eigenvalue weighted by Gasteiger charge is -2.39. The number of aryl methyl sites for hydroxylation is 2. The molecular weight excluding hydrogens is 1450 g/mol. The van der Waals surface area contributed by atoms with E-state index in [1.54, 1.807) is 48.7 Å². The highest BCUT2D eigenvalue weighted by Gasteiger charge is 2.49. The van der Waals surface area contributed by atoms with E-state index in [0.717, 1.165) is 118 Å². The van der Waals surface area contributed by atoms with E-state index in [-0.39, 0.29) is 100 Å². The molecule has 8 fully saturated rings. The number of piperidine rings is 4. The van der Waals surface area contributed by atoms with Crippen molar-refractivity contribution >= 4 is 93.3 Å². The second-order valence-electron chi connectivity index (χ2n) is 32.4. The largest absolute Gasteiger partial charge is 0.506 e. The summed E-state index contributed by atoms with van der Waals surface area (Å²) in [5.41, 5.74) is 4.08. The number of ketones is 1. The number of aromatic hydroxyl groups is 1. The molecule has 4 N–H and O–H groups in total. The molecule has 8 saturated heterocycles. The second kappa shape index (κ2) is 34.5. The van der Waals surface area contributed by atoms with Gasteiger partial charge in [-0.2, -0.15) is 10.2 Å². The smallest absolute Gasteiger partial charge is 0.410 e. The van der Waals surface area contributed by atoms with Gasteiger partial charge >= 0.3 is 24.4 Å². The number of hydrogen-bond acceptors (Lipinski definition) is 24. The maximum atomic E-state index is 12.8. The Hall–Kier alpha value is -8.71. The number of nitrogens with two attached hydrogens (primary N) is 1. The summed E-state index contributed by atoms with van der Waals surface area (Å²) >= 11 is 17.1. The van der Waals surface area contributed by atoms with Crippen molar-refractivity contribution < 1.29 is 57.6 Å². The van der Waals surface area contributed by atoms with Crippen molar-refractivity contribution in [2.75, 3.05) is 0 Å². The first-order chi connectivity index (χ1) is 51.0. The molecule has 8 aliphatic heterocycles. The van der Waals surface area contributed by atoms with E-state index in [9.17, 15) is 28.8 Å². The third kappa shape index (κ3) is 20.6. The maximum absolute atomic E-state index is 12.8. The molecule has 584 valence electrons. The number of carbonyl (C=O) groups is 6. The van der Waals surface area contributed by atoms with Gasteiger partial charge in [-0.05, 0) is 211 Å². The van der Waals surface area contributed by atoms with Gasteiger partial charge in [0.1, 0.15) is 73.8 Å². The van der Waals surface area contributed by atoms with Crippen molar-refractivity contribution in [2.45, 2.75) is 289 Å². The van der Waals surface area contributed by atoms with Crippen LogP contribution >= 0.6 is 34.8 Å². The van der Waals surface area contributed by atoms with E-state index in [4.69, 9.17) is 69.4 Å². The number of fused-ring (bicyclic) bond motifs is 10. The number of halogens is 3. The maximum Gasteiger partial charge on any atom is 0.410 e. The van der Waals surface area contributed by atoms with E-state index < -0.39 is 22.4 Å². The van der Waals surface area contributed by atoms with Crippen LogP contribution < -0.4 is 16.0 Å². The van der Waals surface area contributed by atoms with Gasteiger partial charge in [-0.1, -0.05) is 34.8 Å². The van der Waals surface area contributed by atoms with Crippen molar-refractivity contribution in [2.24, 2.45) is 5.84 Å². The molecule has 4 amide bonds. The summed E-state index contributed by atoms with van der Waals surface area (Å²) in [7, 11) is 0. The lowest BCUT2D eigenvalue weighted by molar-refractivity contribution is -0.123. The predicted octanol–water partition coefficient (Wildman–Crippen LogP) is 14.2. The van der Waals surface area contributed by atoms with Gasteiger partial charge in [0.15, 0.2) is 23.3 Å². The second-order valence-corrected chi connectivity index (χ2v) is 33.5. The quantitative estimate of drug-likeness (QED) is 0.0458. The van der Waals surface area contributed by atoms with Gasteiger partial charge in [0, 0.05) is 79.6 Å². The van der Waals surface area contributed by atoms with Crippen molar-refractivity contribution in [3.05, 3.63) is 100 Å². The number of rotatable bonds is 6. The molecule has 15 rings (SSSR count). The highest BCUT2D eigenvalue weighted by molar-refractivity contribution is 6.37. The van der Waals surface area contributed by atoms with E-state index in [2.05, 4.69) is 55.5 Å². The number of aldehydes is 1. The number of hydrogen-bond donors (Lipinski definition) is 3. The molecule has 33 heteroatoms. The lowest BCUT2D eigenvalue weighted by Crippen LogP contribution is -2.53. The molecule has 2 unspecified atom stereocenters. The fourth-order valence-corrected chi connectivity index (χ4v) is 15.9. The number of hydrazine groups is 1. The number of carbonyl (C=O) groups excluding carboxylic acids is 6. The molecule has 8 bridgehead atoms. The van der Waals surface area contributed by atoms with Crippen LogP contribution in [0, 0.1) is 13.8 Å². The first kappa shape index (κ1) is 81.8. The predicted molar refractivity (Wildman–Crippen MR) is 403 cm³/mol. The number of ether oxygens (including phenoxy) is 5. The number of pyridine rings is 2. The molecule has 0 aromatic carbocycles. The molecule has 108 heavy (non-hydrogen) atoms. The van der Waals surface area contributed by atoms with Gasteiger partial charge in [0.2, 0.25) is 5.88 Å². The Balaban J connectivity index is 0.000000146. The van der Waals surface area contributed by atoms with Gasteiger partial charge in [0.25, 0.3) is 0 Å². The van der Waals surface area contributed by atoms with Crippen LogP contribution in [-0.4, -0.2) is 197 Å². The summed E-state index contributed by atoms with van der Waals surface area (Å²) in [6, 6.07) is 9.17. The third-order valence-corrected chi connectivity index (χ3v) is 20.7. The fraction of sp³-hybridized carbons (Fsp3) is 0.600. The summed E-state index contributed by atoms with van der Waals surface area (Å²) in [5, 5.41) is 20.1. The van der Waals surface area contributed by atoms with E-state index >= 15 is 0 Å². The number of aromatic nitrogens is 12. The monoisotopic (exact) mass is 1550 g/mol. The standard InChI is InChI=1S/C23H28N6O3.C17H22ClN5O2.C12H23N3O2.C12H19NO3.C6H7NO.C5H2Cl2N2O/c1-14-19(6-5-9-24-14)31-21-18-12-27-29(20(18)25-13-26-21)17-10-15-7-8-16(11-17)28(15)22(30)32-23(2,3)4;1-17(2,3)25-16(24)22-10-4-5-11(22)7-12(6-10)23-15-13(8-21-23)14(18)19-9-20-15;1-12(2,3)17-11(16)15-9-4-5-10(15)7-8(6-9)14-13;1-12(2,3)16-11(15)13-8-4-5-9(13)7-10(14)6-8;1-5-6(8)3-2-4-7-5;6-4-3(1-10)5(7)9-2-8-4/h5-6,9,12-13,15-17H,7-8,10-11H2,1-4H3;8-12H,4-7H2,1-3H3;8-10,14H,4-7,13H2,1-3H3;8-9H,4-7H2,1-3H3;2-4,8H,1H3;1-2H/t15-,16-;10-,11-;9-,10-;;;/m000.../s1. The normalized spacial score (nSPS) is 23.9. The molecule has 7 aromatic heterocycles. The first-order valence-corrected chi connectivity index (χ1v) is 38.0. The Morgan fingerprint density at radius 2 is 0.852 bits per heavy atom. The van der Waals surface area contributed by atoms with Crippen LogP contribution in [0.5, 0.6) is 17.4 Å². The average molecular weight is 1550 g/mol. The van der Waals surface area contributed by atoms with E-state index in [0.29, 0.717) is 59.7 Å². The minimum Gasteiger partial charge on any atom is -0.506 e. The Bertz CT molecular complexity index is 4230. The van der Waals surface area contributed by atoms with Crippen LogP contribution in [0.4, 0.5) is 19.2 Å². The van der Waals surface area contributed by atoms with Gasteiger partial charge in [-0.15, -0.1) is 0 Å². The summed E-state index contributed by atoms with van der Waals surface area (Å²) in [6.07, 6.45) is 25.0. The average Bonchev–Trinajstić information content (AvgIpc) is 1.61. The number of nitrogens with one attached hydrogen (secondary N) is 1. The number of Topliss-reactive ketones (excluding diaryl/α,β-unsaturated/α-hetero) is 1. The minimum atomic E-state index is -0.495. The Kier molecular flexibility index (Phi) is 26.1. The highest BCUT2D eigenvalue weighted by atomic mass is 35.5. The summed E-state index contributed by atoms with van der Waals surface area (Å²) in [5.74, 6) is 7.16. The van der Waals surface area contributed by atoms with E-state index in [1.165, 1.54) is 19.0 Å². The molecular formula is C75H101Cl3N18O12. The summed E-state index contributed by atoms with van der Waals surface area (Å²) in [4.78, 5) is 111. The van der Waals surface area contributed by atoms with Crippen LogP contribution in [0.25, 0.3) is 22.1 Å². The molecule has 15 heterocycles. The zero-order valence-electron chi connectivity index (χ0n) is 63.9. The van der Waals surface area contributed by atoms with Gasteiger partial charge < -0.3 is 48.4 Å². The molecule has 0 saturated carbocycles. The van der Waals surface area contributed by atoms with Crippen molar-refractivity contribution in [3.63, 3.8) is 0 Å². The number of amides is 4. The zero-order chi connectivity index (χ0) is 78.3. The van der Waals surface area contributed by atoms with Crippen LogP contribution in [0.2, 0.25) is 15.5 Å². The third-order valence-electron chi connectivity index (χ3n) is 19.8. The summed E-state index contributed by atoms with van der Waals surface area (Å²) < 4.78 is 32.0. The van der Waals surface area contributed by atoms with Crippen LogP contribution in [0.3, 0.4) is 0 Å². The zero-order valence-corrected chi connectivity index (χ0v) is 66.2. The number of nitrogens with zero attached hydrogens (tertiary/aromatic N) is 16. The fourth-order valence-electron chi connectivity index (χ4n) is 15.3. The van der Waals surface area contributed by atoms with Crippen molar-refractivity contribution in [1.82, 2.24) is 84.5 Å². The molecule has 7 aromatic rings. The lowest BCUT2D eigenvalue weighted by atomic mass is 9.98. The van der Waals surface area contributed by atoms with Crippen LogP contribution in [0.1, 0.15) is 220 Å². The van der Waals surface area contributed by atoms with Crippen LogP contribution in [0.15, 0.2) is 68.0 Å². The van der Waals surface area contributed by atoms with Gasteiger partial charge in [-0.25, -0.2) is 58.4 Å². The summed E-state index contributed by atoms with van der Waals surface area (Å²) in [6.45, 7) is 26.4. The SMILES string of the molecule is CC(C)(C)OC(=O)N1C2CCC1CC(=O)C2.CC(C)(C)OC(=O)N1[C@H]2CC[C@H]1CC(NN)C2.CC(C)(C)OC(=O)N1[C@H]2CC[C@H]1CC(n1ncc3c(Cl)ncnc31)C2.Cc1ncccc1O.Cc1ncccc1Oc1ncnc2c1cnn2C1C[C@@H]2CC[C@@H](C1)N2C(=O)OC(C)(C)C.O=Cc1c(Cl)ncnc1Cl. The molecule has 8 aliphatic rings. The molecule has 0 radical (unpaired) electrons. The Labute approximate surface area is 644 Å². The topological polar surface area (TPSA) is 359 Å². The molecule has 30 nitrogen and oxygen atoms in total. The molecule has 8 atom stereocenters. The molecule has 0 aliphatic carbocycles. The van der Waals surface area contributed by atoms with Crippen molar-refractivity contribution in [1.29, 1.82) is 0 Å². The van der Waals surface area contributed by atoms with Crippen molar-refractivity contribution in [3.8, 4) is 17.4 Å². The van der Waals surface area contributed by atoms with Gasteiger partial charge in [0.05, 0.1) is 46.8 Å². The van der Waals surface area contributed by atoms with E-state index in [1.807, 2.05) is 126 Å². The minimum absolute atomic E-state index is 0.0787. The molecule has 0 spiro atoms.